The van der Waals surface area contributed by atoms with Gasteiger partial charge in [0.2, 0.25) is 0 Å². The number of amides is 1. The van der Waals surface area contributed by atoms with Gasteiger partial charge in [0.15, 0.2) is 11.5 Å². The fourth-order valence-corrected chi connectivity index (χ4v) is 5.60. The predicted octanol–water partition coefficient (Wildman–Crippen LogP) is 5.33. The Morgan fingerprint density at radius 1 is 1.15 bits per heavy atom. The highest BCUT2D eigenvalue weighted by atomic mass is 16.5. The van der Waals surface area contributed by atoms with Gasteiger partial charge in [0.25, 0.3) is 5.91 Å². The molecule has 7 heteroatoms. The molecular formula is C32H36N2O5. The van der Waals surface area contributed by atoms with Crippen molar-refractivity contribution in [3.05, 3.63) is 83.9 Å². The number of fused-ring (bicyclic) bond motifs is 2. The first kappa shape index (κ1) is 26.6. The molecular weight excluding hydrogens is 492 g/mol. The van der Waals surface area contributed by atoms with Crippen molar-refractivity contribution in [2.24, 2.45) is 0 Å². The summed E-state index contributed by atoms with van der Waals surface area (Å²) < 4.78 is 17.2. The minimum atomic E-state index is -0.395. The Hall–Kier alpha value is -3.97. The van der Waals surface area contributed by atoms with Crippen LogP contribution in [0.5, 0.6) is 17.2 Å². The van der Waals surface area contributed by atoms with Crippen molar-refractivity contribution in [2.75, 3.05) is 32.7 Å². The van der Waals surface area contributed by atoms with E-state index in [0.29, 0.717) is 29.2 Å². The molecule has 7 nitrogen and oxygen atoms in total. The molecule has 1 amide bonds. The second-order valence-corrected chi connectivity index (χ2v) is 10.1. The molecule has 0 saturated heterocycles. The maximum Gasteiger partial charge on any atom is 0.255 e. The highest BCUT2D eigenvalue weighted by Crippen LogP contribution is 2.40. The molecule has 2 heterocycles. The van der Waals surface area contributed by atoms with Gasteiger partial charge in [0.05, 0.1) is 32.4 Å². The summed E-state index contributed by atoms with van der Waals surface area (Å²) in [5.41, 5.74) is 5.60. The van der Waals surface area contributed by atoms with E-state index in [1.54, 1.807) is 14.2 Å². The van der Waals surface area contributed by atoms with Gasteiger partial charge in [-0.25, -0.2) is 0 Å². The molecule has 2 aliphatic rings. The molecule has 0 aromatic heterocycles. The molecule has 0 aliphatic carbocycles. The van der Waals surface area contributed by atoms with Crippen LogP contribution in [-0.2, 0) is 6.42 Å². The van der Waals surface area contributed by atoms with Crippen LogP contribution >= 0.6 is 0 Å². The summed E-state index contributed by atoms with van der Waals surface area (Å²) in [5.74, 6) is 1.84. The summed E-state index contributed by atoms with van der Waals surface area (Å²) in [6.45, 7) is 4.46. The topological polar surface area (TPSA) is 89.1 Å². The molecule has 0 saturated carbocycles. The fourth-order valence-electron chi connectivity index (χ4n) is 5.60. The lowest BCUT2D eigenvalue weighted by molar-refractivity contribution is 0.0905. The minimum Gasteiger partial charge on any atom is -0.493 e. The number of carbonyl (C=O) groups excluding carboxylic acids is 1. The number of allylic oxidation sites excluding steroid dienone is 1. The van der Waals surface area contributed by atoms with E-state index in [1.165, 1.54) is 5.56 Å². The van der Waals surface area contributed by atoms with Crippen molar-refractivity contribution >= 4 is 11.6 Å². The first-order valence-electron chi connectivity index (χ1n) is 13.5. The summed E-state index contributed by atoms with van der Waals surface area (Å²) in [6, 6.07) is 17.5. The number of aliphatic hydroxyl groups is 1. The maximum absolute atomic E-state index is 13.7. The molecule has 39 heavy (non-hydrogen) atoms. The van der Waals surface area contributed by atoms with E-state index in [4.69, 9.17) is 14.2 Å². The summed E-state index contributed by atoms with van der Waals surface area (Å²) >= 11 is 0. The van der Waals surface area contributed by atoms with Crippen LogP contribution < -0.4 is 24.8 Å². The second-order valence-electron chi connectivity index (χ2n) is 10.1. The van der Waals surface area contributed by atoms with E-state index in [9.17, 15) is 9.90 Å². The smallest absolute Gasteiger partial charge is 0.255 e. The van der Waals surface area contributed by atoms with Crippen molar-refractivity contribution in [2.45, 2.75) is 43.7 Å². The molecule has 3 unspecified atom stereocenters. The Balaban J connectivity index is 1.43. The lowest BCUT2D eigenvalue weighted by atomic mass is 9.93. The van der Waals surface area contributed by atoms with Gasteiger partial charge in [-0.15, -0.1) is 6.58 Å². The van der Waals surface area contributed by atoms with Crippen LogP contribution in [0.2, 0.25) is 0 Å². The molecule has 3 N–H and O–H groups in total. The summed E-state index contributed by atoms with van der Waals surface area (Å²) in [7, 11) is 3.21. The Labute approximate surface area is 229 Å². The predicted molar refractivity (Wildman–Crippen MR) is 153 cm³/mol. The lowest BCUT2D eigenvalue weighted by Crippen LogP contribution is -2.39. The molecule has 0 spiro atoms. The summed E-state index contributed by atoms with van der Waals surface area (Å²) in [4.78, 5) is 13.7. The van der Waals surface area contributed by atoms with E-state index < -0.39 is 6.04 Å². The third-order valence-corrected chi connectivity index (χ3v) is 7.62. The summed E-state index contributed by atoms with van der Waals surface area (Å²) in [6.07, 6.45) is 4.90. The van der Waals surface area contributed by atoms with Crippen LogP contribution in [0.15, 0.2) is 67.3 Å². The molecule has 0 fully saturated rings. The first-order chi connectivity index (χ1) is 19.0. The molecule has 3 aromatic rings. The SMILES string of the molecule is C=CCCC1Cc2cc(-c3ccc(OC)c(OC)c3)cc(C(=O)NC(CO)CC3CNc4ccccc43)c2O1. The molecule has 204 valence electrons. The quantitative estimate of drug-likeness (QED) is 0.292. The number of methoxy groups -OCH3 is 2. The van der Waals surface area contributed by atoms with Crippen molar-refractivity contribution in [1.29, 1.82) is 0 Å². The molecule has 3 atom stereocenters. The third kappa shape index (κ3) is 5.59. The van der Waals surface area contributed by atoms with Crippen LogP contribution in [0.3, 0.4) is 0 Å². The lowest BCUT2D eigenvalue weighted by Gasteiger charge is -2.21. The first-order valence-corrected chi connectivity index (χ1v) is 13.5. The van der Waals surface area contributed by atoms with Crippen molar-refractivity contribution in [3.8, 4) is 28.4 Å². The minimum absolute atomic E-state index is 0.0140. The zero-order valence-corrected chi connectivity index (χ0v) is 22.5. The Bertz CT molecular complexity index is 1350. The van der Waals surface area contributed by atoms with Crippen LogP contribution in [0, 0.1) is 0 Å². The number of benzene rings is 3. The van der Waals surface area contributed by atoms with Crippen LogP contribution in [-0.4, -0.2) is 50.5 Å². The van der Waals surface area contributed by atoms with Gasteiger partial charge in [-0.3, -0.25) is 4.79 Å². The number of rotatable bonds is 11. The van der Waals surface area contributed by atoms with Crippen molar-refractivity contribution in [3.63, 3.8) is 0 Å². The largest absolute Gasteiger partial charge is 0.493 e. The highest BCUT2D eigenvalue weighted by Gasteiger charge is 2.31. The number of ether oxygens (including phenoxy) is 3. The van der Waals surface area contributed by atoms with E-state index in [0.717, 1.165) is 48.2 Å². The molecule has 3 aromatic carbocycles. The van der Waals surface area contributed by atoms with Gasteiger partial charge in [0, 0.05) is 24.6 Å². The number of anilines is 1. The average molecular weight is 529 g/mol. The van der Waals surface area contributed by atoms with Crippen molar-refractivity contribution in [1.82, 2.24) is 5.32 Å². The van der Waals surface area contributed by atoms with Gasteiger partial charge in [-0.2, -0.15) is 0 Å². The van der Waals surface area contributed by atoms with Gasteiger partial charge in [-0.05, 0) is 71.8 Å². The number of hydrogen-bond donors (Lipinski definition) is 3. The molecule has 2 aliphatic heterocycles. The van der Waals surface area contributed by atoms with Crippen LogP contribution in [0.4, 0.5) is 5.69 Å². The zero-order chi connectivity index (χ0) is 27.4. The second kappa shape index (κ2) is 11.8. The third-order valence-electron chi connectivity index (χ3n) is 7.62. The average Bonchev–Trinajstić information content (AvgIpc) is 3.58. The Kier molecular flexibility index (Phi) is 8.07. The monoisotopic (exact) mass is 528 g/mol. The van der Waals surface area contributed by atoms with Crippen LogP contribution in [0.25, 0.3) is 11.1 Å². The Morgan fingerprint density at radius 2 is 1.97 bits per heavy atom. The number of carbonyl (C=O) groups is 1. The van der Waals surface area contributed by atoms with E-state index in [1.807, 2.05) is 42.5 Å². The van der Waals surface area contributed by atoms with Gasteiger partial charge in [-0.1, -0.05) is 30.3 Å². The van der Waals surface area contributed by atoms with Gasteiger partial charge >= 0.3 is 0 Å². The van der Waals surface area contributed by atoms with Crippen LogP contribution in [0.1, 0.15) is 46.7 Å². The number of nitrogens with one attached hydrogen (secondary N) is 2. The molecule has 5 rings (SSSR count). The van der Waals surface area contributed by atoms with Crippen molar-refractivity contribution < 1.29 is 24.1 Å². The fraction of sp³-hybridized carbons (Fsp3) is 0.344. The highest BCUT2D eigenvalue weighted by molar-refractivity contribution is 5.99. The van der Waals surface area contributed by atoms with Gasteiger partial charge in [0.1, 0.15) is 11.9 Å². The normalized spacial score (nSPS) is 17.8. The zero-order valence-electron chi connectivity index (χ0n) is 22.5. The molecule has 0 bridgehead atoms. The maximum atomic E-state index is 13.7. The Morgan fingerprint density at radius 3 is 2.74 bits per heavy atom. The van der Waals surface area contributed by atoms with Gasteiger partial charge < -0.3 is 30.0 Å². The van der Waals surface area contributed by atoms with E-state index >= 15 is 0 Å². The number of hydrogen-bond acceptors (Lipinski definition) is 6. The van der Waals surface area contributed by atoms with E-state index in [2.05, 4.69) is 35.4 Å². The number of para-hydroxylation sites is 1. The van der Waals surface area contributed by atoms with E-state index in [-0.39, 0.29) is 24.5 Å². The standard InChI is InChI=1S/C32H36N2O5/c1-4-5-8-25-15-22-13-21(20-11-12-29(37-2)30(17-20)38-3)16-27(31(22)39-25)32(36)34-24(19-35)14-23-18-33-28-10-7-6-9-26(23)28/h4,6-7,9-13,16-17,23-25,33,35H,1,5,8,14-15,18-19H2,2-3H3,(H,34,36). The number of aliphatic hydroxyl groups excluding tert-OH is 1. The summed E-state index contributed by atoms with van der Waals surface area (Å²) in [5, 5.41) is 16.7. The molecule has 0 radical (unpaired) electrons.